The van der Waals surface area contributed by atoms with Crippen molar-refractivity contribution in [2.24, 2.45) is 0 Å². The molecule has 0 fully saturated rings. The van der Waals surface area contributed by atoms with Gasteiger partial charge in [-0.15, -0.1) is 6.58 Å². The highest BCUT2D eigenvalue weighted by atomic mass is 16.5. The van der Waals surface area contributed by atoms with Crippen molar-refractivity contribution in [2.45, 2.75) is 25.4 Å². The SMILES string of the molecule is C=CCN1C(=O)C=CC(OCc2ccccc2)C1COCc1ccccc1. The Bertz CT molecular complexity index is 758. The quantitative estimate of drug-likeness (QED) is 0.637. The third-order valence-electron chi connectivity index (χ3n) is 4.50. The Morgan fingerprint density at radius 3 is 2.22 bits per heavy atom. The van der Waals surface area contributed by atoms with Crippen LogP contribution in [0.4, 0.5) is 0 Å². The topological polar surface area (TPSA) is 38.8 Å². The molecule has 3 rings (SSSR count). The lowest BCUT2D eigenvalue weighted by Crippen LogP contribution is -2.52. The number of ether oxygens (including phenoxy) is 2. The van der Waals surface area contributed by atoms with E-state index in [1.54, 1.807) is 17.1 Å². The summed E-state index contributed by atoms with van der Waals surface area (Å²) in [6.45, 7) is 5.63. The number of rotatable bonds is 9. The van der Waals surface area contributed by atoms with Gasteiger partial charge in [0.05, 0.1) is 32.0 Å². The molecule has 0 bridgehead atoms. The van der Waals surface area contributed by atoms with E-state index in [0.29, 0.717) is 26.4 Å². The van der Waals surface area contributed by atoms with E-state index in [1.165, 1.54) is 0 Å². The lowest BCUT2D eigenvalue weighted by Gasteiger charge is -2.37. The largest absolute Gasteiger partial charge is 0.375 e. The summed E-state index contributed by atoms with van der Waals surface area (Å²) in [6.07, 6.45) is 4.92. The molecule has 1 amide bonds. The molecule has 4 heteroatoms. The molecule has 2 unspecified atom stereocenters. The Hall–Kier alpha value is -2.69. The smallest absolute Gasteiger partial charge is 0.247 e. The molecule has 4 nitrogen and oxygen atoms in total. The molecular weight excluding hydrogens is 338 g/mol. The maximum atomic E-state index is 12.3. The summed E-state index contributed by atoms with van der Waals surface area (Å²) in [6, 6.07) is 19.8. The molecule has 27 heavy (non-hydrogen) atoms. The van der Waals surface area contributed by atoms with Gasteiger partial charge < -0.3 is 14.4 Å². The van der Waals surface area contributed by atoms with Gasteiger partial charge >= 0.3 is 0 Å². The van der Waals surface area contributed by atoms with Crippen LogP contribution >= 0.6 is 0 Å². The maximum Gasteiger partial charge on any atom is 0.247 e. The molecule has 0 N–H and O–H groups in total. The van der Waals surface area contributed by atoms with Gasteiger partial charge in [0.25, 0.3) is 0 Å². The molecule has 0 saturated carbocycles. The molecule has 2 aromatic rings. The molecule has 2 atom stereocenters. The van der Waals surface area contributed by atoms with Crippen molar-refractivity contribution in [3.63, 3.8) is 0 Å². The van der Waals surface area contributed by atoms with Gasteiger partial charge in [0.2, 0.25) is 5.91 Å². The summed E-state index contributed by atoms with van der Waals surface area (Å²) in [5, 5.41) is 0. The van der Waals surface area contributed by atoms with Crippen molar-refractivity contribution in [1.82, 2.24) is 4.90 Å². The fourth-order valence-electron chi connectivity index (χ4n) is 3.10. The molecule has 140 valence electrons. The second kappa shape index (κ2) is 9.86. The number of nitrogens with zero attached hydrogens (tertiary/aromatic N) is 1. The van der Waals surface area contributed by atoms with E-state index in [4.69, 9.17) is 9.47 Å². The normalized spacial score (nSPS) is 19.3. The van der Waals surface area contributed by atoms with Gasteiger partial charge in [0.15, 0.2) is 0 Å². The molecule has 1 heterocycles. The van der Waals surface area contributed by atoms with E-state index >= 15 is 0 Å². The lowest BCUT2D eigenvalue weighted by molar-refractivity contribution is -0.135. The molecule has 0 radical (unpaired) electrons. The van der Waals surface area contributed by atoms with Crippen LogP contribution in [0.25, 0.3) is 0 Å². The molecular formula is C23H25NO3. The standard InChI is InChI=1S/C23H25NO3/c1-2-15-24-21(18-26-16-19-9-5-3-6-10-19)22(13-14-23(24)25)27-17-20-11-7-4-8-12-20/h2-14,21-22H,1,15-18H2. The maximum absolute atomic E-state index is 12.3. The minimum absolute atomic E-state index is 0.0391. The molecule has 0 spiro atoms. The van der Waals surface area contributed by atoms with Crippen molar-refractivity contribution in [2.75, 3.05) is 13.2 Å². The van der Waals surface area contributed by atoms with Crippen molar-refractivity contribution in [3.05, 3.63) is 96.6 Å². The summed E-state index contributed by atoms with van der Waals surface area (Å²) >= 11 is 0. The molecule has 0 aliphatic carbocycles. The summed E-state index contributed by atoms with van der Waals surface area (Å²) in [4.78, 5) is 14.1. The Balaban J connectivity index is 1.65. The number of hydrogen-bond donors (Lipinski definition) is 0. The third kappa shape index (κ3) is 5.39. The number of amides is 1. The zero-order valence-electron chi connectivity index (χ0n) is 15.4. The first-order valence-electron chi connectivity index (χ1n) is 9.15. The van der Waals surface area contributed by atoms with Crippen molar-refractivity contribution in [3.8, 4) is 0 Å². The summed E-state index contributed by atoms with van der Waals surface area (Å²) in [5.41, 5.74) is 2.20. The second-order valence-electron chi connectivity index (χ2n) is 6.47. The molecule has 1 aliphatic heterocycles. The van der Waals surface area contributed by atoms with E-state index in [9.17, 15) is 4.79 Å². The van der Waals surface area contributed by atoms with Crippen molar-refractivity contribution in [1.29, 1.82) is 0 Å². The van der Waals surface area contributed by atoms with Crippen LogP contribution in [0, 0.1) is 0 Å². The number of hydrogen-bond acceptors (Lipinski definition) is 3. The van der Waals surface area contributed by atoms with Crippen LogP contribution in [-0.2, 0) is 27.5 Å². The van der Waals surface area contributed by atoms with Gasteiger partial charge in [0.1, 0.15) is 0 Å². The monoisotopic (exact) mass is 363 g/mol. The molecule has 1 aliphatic rings. The highest BCUT2D eigenvalue weighted by Crippen LogP contribution is 2.19. The first kappa shape index (κ1) is 19.1. The Morgan fingerprint density at radius 2 is 1.59 bits per heavy atom. The zero-order chi connectivity index (χ0) is 18.9. The van der Waals surface area contributed by atoms with Gasteiger partial charge in [-0.3, -0.25) is 4.79 Å². The summed E-state index contributed by atoms with van der Waals surface area (Å²) in [7, 11) is 0. The fourth-order valence-corrected chi connectivity index (χ4v) is 3.10. The van der Waals surface area contributed by atoms with Gasteiger partial charge in [-0.2, -0.15) is 0 Å². The molecule has 0 saturated heterocycles. The minimum Gasteiger partial charge on any atom is -0.375 e. The van der Waals surface area contributed by atoms with E-state index in [0.717, 1.165) is 11.1 Å². The fraction of sp³-hybridized carbons (Fsp3) is 0.261. The second-order valence-corrected chi connectivity index (χ2v) is 6.47. The van der Waals surface area contributed by atoms with Crippen LogP contribution in [0.3, 0.4) is 0 Å². The number of carbonyl (C=O) groups is 1. The first-order valence-corrected chi connectivity index (χ1v) is 9.15. The highest BCUT2D eigenvalue weighted by molar-refractivity contribution is 5.89. The third-order valence-corrected chi connectivity index (χ3v) is 4.50. The molecule has 0 aromatic heterocycles. The predicted octanol–water partition coefficient (Wildman–Crippen LogP) is 3.74. The van der Waals surface area contributed by atoms with Gasteiger partial charge in [-0.05, 0) is 17.2 Å². The number of carbonyl (C=O) groups excluding carboxylic acids is 1. The first-order chi connectivity index (χ1) is 13.3. The van der Waals surface area contributed by atoms with Crippen LogP contribution in [0.5, 0.6) is 0 Å². The van der Waals surface area contributed by atoms with Gasteiger partial charge in [-0.25, -0.2) is 0 Å². The minimum atomic E-state index is -0.223. The van der Waals surface area contributed by atoms with Crippen molar-refractivity contribution >= 4 is 5.91 Å². The van der Waals surface area contributed by atoms with Gasteiger partial charge in [0, 0.05) is 12.6 Å². The Labute approximate surface area is 160 Å². The predicted molar refractivity (Wildman–Crippen MR) is 106 cm³/mol. The zero-order valence-corrected chi connectivity index (χ0v) is 15.4. The van der Waals surface area contributed by atoms with E-state index in [2.05, 4.69) is 6.58 Å². The van der Waals surface area contributed by atoms with Gasteiger partial charge in [-0.1, -0.05) is 66.7 Å². The molecule has 2 aromatic carbocycles. The van der Waals surface area contributed by atoms with E-state index in [1.807, 2.05) is 66.7 Å². The Morgan fingerprint density at radius 1 is 0.963 bits per heavy atom. The van der Waals surface area contributed by atoms with Crippen LogP contribution in [0.2, 0.25) is 0 Å². The number of benzene rings is 2. The Kier molecular flexibility index (Phi) is 6.97. The van der Waals surface area contributed by atoms with Crippen LogP contribution in [0.15, 0.2) is 85.5 Å². The average molecular weight is 363 g/mol. The summed E-state index contributed by atoms with van der Waals surface area (Å²) in [5.74, 6) is -0.0391. The van der Waals surface area contributed by atoms with Crippen LogP contribution in [-0.4, -0.2) is 36.1 Å². The highest BCUT2D eigenvalue weighted by Gasteiger charge is 2.32. The van der Waals surface area contributed by atoms with E-state index in [-0.39, 0.29) is 18.1 Å². The average Bonchev–Trinajstić information content (AvgIpc) is 2.71. The van der Waals surface area contributed by atoms with Crippen LogP contribution in [0.1, 0.15) is 11.1 Å². The lowest BCUT2D eigenvalue weighted by atomic mass is 10.0. The summed E-state index contributed by atoms with van der Waals surface area (Å²) < 4.78 is 12.0. The van der Waals surface area contributed by atoms with E-state index < -0.39 is 0 Å². The van der Waals surface area contributed by atoms with Crippen LogP contribution < -0.4 is 0 Å². The van der Waals surface area contributed by atoms with Crippen molar-refractivity contribution < 1.29 is 14.3 Å².